The van der Waals surface area contributed by atoms with E-state index in [9.17, 15) is 22.7 Å². The number of rotatable bonds is 9. The molecule has 2 N–H and O–H groups in total. The van der Waals surface area contributed by atoms with Crippen LogP contribution < -0.4 is 9.46 Å². The van der Waals surface area contributed by atoms with E-state index in [1.807, 2.05) is 32.0 Å². The van der Waals surface area contributed by atoms with Crippen molar-refractivity contribution in [2.75, 3.05) is 38.1 Å². The second-order valence-corrected chi connectivity index (χ2v) is 13.9. The Hall–Kier alpha value is -3.51. The molecule has 1 heterocycles. The van der Waals surface area contributed by atoms with E-state index in [1.165, 1.54) is 29.8 Å². The van der Waals surface area contributed by atoms with E-state index in [4.69, 9.17) is 9.47 Å². The smallest absolute Gasteiger partial charge is 0.261 e. The van der Waals surface area contributed by atoms with Gasteiger partial charge in [-0.3, -0.25) is 14.4 Å². The monoisotopic (exact) mass is 655 g/mol. The average molecular weight is 656 g/mol. The van der Waals surface area contributed by atoms with Crippen molar-refractivity contribution < 1.29 is 32.2 Å². The van der Waals surface area contributed by atoms with Gasteiger partial charge in [0.2, 0.25) is 0 Å². The van der Waals surface area contributed by atoms with E-state index in [1.54, 1.807) is 17.9 Å². The summed E-state index contributed by atoms with van der Waals surface area (Å²) in [7, 11) is -2.01. The predicted octanol–water partition coefficient (Wildman–Crippen LogP) is 5.55. The van der Waals surface area contributed by atoms with Crippen LogP contribution >= 0.6 is 0 Å². The average Bonchev–Trinajstić information content (AvgIpc) is 3.03. The van der Waals surface area contributed by atoms with Crippen LogP contribution in [0, 0.1) is 11.7 Å². The zero-order valence-corrected chi connectivity index (χ0v) is 27.9. The van der Waals surface area contributed by atoms with Crippen molar-refractivity contribution in [1.82, 2.24) is 9.80 Å². The van der Waals surface area contributed by atoms with Crippen molar-refractivity contribution >= 4 is 21.6 Å². The van der Waals surface area contributed by atoms with Gasteiger partial charge in [0.05, 0.1) is 35.3 Å². The molecule has 11 heteroatoms. The Kier molecular flexibility index (Phi) is 12.6. The van der Waals surface area contributed by atoms with Gasteiger partial charge in [0.15, 0.2) is 0 Å². The Labute approximate surface area is 272 Å². The standard InChI is InChI=1S/C35H46FN3O6S/c1-25-21-39(26(2)24-40)35(41)32-20-30(37-46(42,43)31-16-13-29(36)14-17-31)15-18-33(32)45-27(3)10-8-9-19-44-34(25)23-38(4)22-28-11-6-5-7-12-28/h5-7,11-18,20,25-27,34,37,40H,8-10,19,21-24H2,1-4H3/t25-,26-,27-,34+/m1/s1. The lowest BCUT2D eigenvalue weighted by Gasteiger charge is -2.36. The van der Waals surface area contributed by atoms with Gasteiger partial charge in [-0.2, -0.15) is 0 Å². The van der Waals surface area contributed by atoms with Gasteiger partial charge in [0.1, 0.15) is 11.6 Å². The second-order valence-electron chi connectivity index (χ2n) is 12.3. The molecule has 0 saturated heterocycles. The molecule has 0 unspecified atom stereocenters. The van der Waals surface area contributed by atoms with Crippen molar-refractivity contribution in [3.05, 3.63) is 89.7 Å². The number of nitrogens with zero attached hydrogens (tertiary/aromatic N) is 2. The molecule has 1 aliphatic rings. The summed E-state index contributed by atoms with van der Waals surface area (Å²) in [5.41, 5.74) is 1.53. The lowest BCUT2D eigenvalue weighted by atomic mass is 10.0. The number of ether oxygens (including phenoxy) is 2. The van der Waals surface area contributed by atoms with E-state index >= 15 is 0 Å². The fourth-order valence-electron chi connectivity index (χ4n) is 5.54. The minimum Gasteiger partial charge on any atom is -0.490 e. The van der Waals surface area contributed by atoms with Crippen LogP contribution in [0.4, 0.5) is 10.1 Å². The molecule has 250 valence electrons. The molecule has 0 aromatic heterocycles. The first kappa shape index (κ1) is 35.3. The van der Waals surface area contributed by atoms with Crippen molar-refractivity contribution in [1.29, 1.82) is 0 Å². The normalized spacial score (nSPS) is 20.8. The molecular formula is C35H46FN3O6S. The summed E-state index contributed by atoms with van der Waals surface area (Å²) in [5, 5.41) is 10.2. The van der Waals surface area contributed by atoms with Gasteiger partial charge in [-0.1, -0.05) is 37.3 Å². The molecule has 1 amide bonds. The minimum atomic E-state index is -4.06. The maximum Gasteiger partial charge on any atom is 0.261 e. The van der Waals surface area contributed by atoms with E-state index in [0.29, 0.717) is 25.4 Å². The summed E-state index contributed by atoms with van der Waals surface area (Å²) in [6.45, 7) is 7.77. The molecule has 0 spiro atoms. The number of halogens is 1. The van der Waals surface area contributed by atoms with Crippen molar-refractivity contribution in [3.8, 4) is 5.75 Å². The number of likely N-dealkylation sites (N-methyl/N-ethyl adjacent to an activating group) is 1. The Balaban J connectivity index is 1.64. The van der Waals surface area contributed by atoms with Crippen molar-refractivity contribution in [2.24, 2.45) is 5.92 Å². The third kappa shape index (κ3) is 9.75. The van der Waals surface area contributed by atoms with E-state index < -0.39 is 27.8 Å². The van der Waals surface area contributed by atoms with E-state index in [-0.39, 0.29) is 40.9 Å². The SMILES string of the molecule is C[C@@H]1CCCCO[C@@H](CN(C)Cc2ccccc2)[C@H](C)CN([C@H](C)CO)C(=O)c2cc(NS(=O)(=O)c3ccc(F)cc3)ccc2O1. The number of sulfonamides is 1. The highest BCUT2D eigenvalue weighted by Gasteiger charge is 2.30. The molecule has 1 aliphatic heterocycles. The van der Waals surface area contributed by atoms with E-state index in [0.717, 1.165) is 37.9 Å². The first-order chi connectivity index (χ1) is 22.0. The van der Waals surface area contributed by atoms with Crippen molar-refractivity contribution in [3.63, 3.8) is 0 Å². The fraction of sp³-hybridized carbons (Fsp3) is 0.457. The number of aliphatic hydroxyl groups excluding tert-OH is 1. The number of amides is 1. The minimum absolute atomic E-state index is 0.0948. The zero-order chi connectivity index (χ0) is 33.3. The Morgan fingerprint density at radius 2 is 1.78 bits per heavy atom. The third-order valence-electron chi connectivity index (χ3n) is 8.21. The molecule has 0 bridgehead atoms. The van der Waals surface area contributed by atoms with Crippen molar-refractivity contribution in [2.45, 2.75) is 69.7 Å². The maximum atomic E-state index is 14.3. The second kappa shape index (κ2) is 16.4. The van der Waals surface area contributed by atoms with Crippen LogP contribution in [0.1, 0.15) is 56.0 Å². The highest BCUT2D eigenvalue weighted by atomic mass is 32.2. The van der Waals surface area contributed by atoms with Gasteiger partial charge >= 0.3 is 0 Å². The van der Waals surface area contributed by atoms with E-state index in [2.05, 4.69) is 28.8 Å². The van der Waals surface area contributed by atoms with Crippen LogP contribution in [0.5, 0.6) is 5.75 Å². The fourth-order valence-corrected chi connectivity index (χ4v) is 6.59. The molecule has 4 rings (SSSR count). The molecule has 3 aromatic carbocycles. The van der Waals surface area contributed by atoms with Crippen LogP contribution in [0.2, 0.25) is 0 Å². The lowest BCUT2D eigenvalue weighted by Crippen LogP contribution is -2.47. The van der Waals surface area contributed by atoms with Gasteiger partial charge in [-0.05, 0) is 88.2 Å². The number of aliphatic hydroxyl groups is 1. The summed E-state index contributed by atoms with van der Waals surface area (Å²) in [5.74, 6) is -0.711. The summed E-state index contributed by atoms with van der Waals surface area (Å²) in [6.07, 6.45) is 2.06. The maximum absolute atomic E-state index is 14.3. The number of hydrogen-bond acceptors (Lipinski definition) is 7. The van der Waals surface area contributed by atoms with Crippen LogP contribution in [0.15, 0.2) is 77.7 Å². The number of fused-ring (bicyclic) bond motifs is 1. The summed E-state index contributed by atoms with van der Waals surface area (Å²) >= 11 is 0. The van der Waals surface area contributed by atoms with Crippen LogP contribution in [-0.4, -0.2) is 80.8 Å². The number of benzene rings is 3. The molecule has 46 heavy (non-hydrogen) atoms. The zero-order valence-electron chi connectivity index (χ0n) is 27.1. The predicted molar refractivity (Wildman–Crippen MR) is 177 cm³/mol. The largest absolute Gasteiger partial charge is 0.490 e. The Morgan fingerprint density at radius 3 is 2.48 bits per heavy atom. The highest BCUT2D eigenvalue weighted by molar-refractivity contribution is 7.92. The quantitative estimate of drug-likeness (QED) is 0.311. The molecular weight excluding hydrogens is 609 g/mol. The van der Waals surface area contributed by atoms with Crippen LogP contribution in [-0.2, 0) is 21.3 Å². The molecule has 0 saturated carbocycles. The van der Waals surface area contributed by atoms with Gasteiger partial charge in [0.25, 0.3) is 15.9 Å². The molecule has 3 aromatic rings. The Bertz CT molecular complexity index is 1520. The summed E-state index contributed by atoms with van der Waals surface area (Å²) in [4.78, 5) is 18.0. The topological polar surface area (TPSA) is 108 Å². The number of carbonyl (C=O) groups is 1. The third-order valence-corrected chi connectivity index (χ3v) is 9.61. The van der Waals surface area contributed by atoms with Gasteiger partial charge in [-0.15, -0.1) is 0 Å². The number of anilines is 1. The molecule has 9 nitrogen and oxygen atoms in total. The van der Waals surface area contributed by atoms with Crippen LogP contribution in [0.3, 0.4) is 0 Å². The number of carbonyl (C=O) groups excluding carboxylic acids is 1. The highest BCUT2D eigenvalue weighted by Crippen LogP contribution is 2.29. The number of hydrogen-bond donors (Lipinski definition) is 2. The summed E-state index contributed by atoms with van der Waals surface area (Å²) in [6, 6.07) is 18.8. The van der Waals surface area contributed by atoms with Gasteiger partial charge in [-0.25, -0.2) is 12.8 Å². The summed E-state index contributed by atoms with van der Waals surface area (Å²) < 4.78 is 54.8. The van der Waals surface area contributed by atoms with Crippen LogP contribution in [0.25, 0.3) is 0 Å². The molecule has 4 atom stereocenters. The number of nitrogens with one attached hydrogen (secondary N) is 1. The first-order valence-corrected chi connectivity index (χ1v) is 17.3. The molecule has 0 fully saturated rings. The Morgan fingerprint density at radius 1 is 1.07 bits per heavy atom. The lowest BCUT2D eigenvalue weighted by molar-refractivity contribution is -0.0177. The first-order valence-electron chi connectivity index (χ1n) is 15.8. The molecule has 0 aliphatic carbocycles. The van der Waals surface area contributed by atoms with Gasteiger partial charge < -0.3 is 19.5 Å². The van der Waals surface area contributed by atoms with Gasteiger partial charge in [0, 0.05) is 37.8 Å². The molecule has 0 radical (unpaired) electrons.